The summed E-state index contributed by atoms with van der Waals surface area (Å²) in [6.45, 7) is 1.97. The van der Waals surface area contributed by atoms with Crippen molar-refractivity contribution < 1.29 is 9.72 Å². The summed E-state index contributed by atoms with van der Waals surface area (Å²) in [5.41, 5.74) is 5.64. The molecule has 7 heteroatoms. The smallest absolute Gasteiger partial charge is 0.294 e. The van der Waals surface area contributed by atoms with E-state index in [4.69, 9.17) is 17.3 Å². The second kappa shape index (κ2) is 7.06. The van der Waals surface area contributed by atoms with Crippen molar-refractivity contribution in [2.24, 2.45) is 5.73 Å². The van der Waals surface area contributed by atoms with E-state index < -0.39 is 4.92 Å². The zero-order valence-corrected chi connectivity index (χ0v) is 11.3. The van der Waals surface area contributed by atoms with Gasteiger partial charge in [-0.15, -0.1) is 0 Å². The Morgan fingerprint density at radius 1 is 1.58 bits per heavy atom. The number of rotatable bonds is 6. The Kier molecular flexibility index (Phi) is 5.72. The van der Waals surface area contributed by atoms with Crippen molar-refractivity contribution in [1.82, 2.24) is 0 Å². The first-order valence-corrected chi connectivity index (χ1v) is 6.31. The molecule has 0 saturated heterocycles. The van der Waals surface area contributed by atoms with Crippen LogP contribution in [0.25, 0.3) is 0 Å². The van der Waals surface area contributed by atoms with E-state index in [-0.39, 0.29) is 34.8 Å². The lowest BCUT2D eigenvalue weighted by Crippen LogP contribution is -2.27. The summed E-state index contributed by atoms with van der Waals surface area (Å²) in [7, 11) is 0. The third-order valence-electron chi connectivity index (χ3n) is 2.54. The van der Waals surface area contributed by atoms with Gasteiger partial charge in [-0.1, -0.05) is 24.9 Å². The van der Waals surface area contributed by atoms with Gasteiger partial charge in [0.2, 0.25) is 5.91 Å². The molecular formula is C12H16ClN3O3. The number of amides is 1. The summed E-state index contributed by atoms with van der Waals surface area (Å²) in [5.74, 6) is -0.341. The molecule has 0 aliphatic heterocycles. The molecule has 1 rings (SSSR count). The summed E-state index contributed by atoms with van der Waals surface area (Å²) in [6, 6.07) is 3.85. The normalized spacial score (nSPS) is 11.9. The van der Waals surface area contributed by atoms with Crippen LogP contribution in [0, 0.1) is 10.1 Å². The molecule has 0 aliphatic carbocycles. The first-order valence-electron chi connectivity index (χ1n) is 5.93. The summed E-state index contributed by atoms with van der Waals surface area (Å²) in [4.78, 5) is 22.0. The minimum Gasteiger partial charge on any atom is -0.327 e. The fourth-order valence-electron chi connectivity index (χ4n) is 1.67. The number of hydrogen-bond acceptors (Lipinski definition) is 4. The number of anilines is 1. The van der Waals surface area contributed by atoms with Crippen molar-refractivity contribution in [3.63, 3.8) is 0 Å². The Hall–Kier alpha value is -1.66. The maximum atomic E-state index is 11.7. The number of carbonyl (C=O) groups excluding carboxylic acids is 1. The van der Waals surface area contributed by atoms with Crippen LogP contribution in [0.2, 0.25) is 5.02 Å². The van der Waals surface area contributed by atoms with Crippen LogP contribution in [-0.4, -0.2) is 16.9 Å². The number of hydrogen-bond donors (Lipinski definition) is 2. The molecule has 1 unspecified atom stereocenters. The van der Waals surface area contributed by atoms with Crippen molar-refractivity contribution in [2.45, 2.75) is 32.2 Å². The van der Waals surface area contributed by atoms with Crippen LogP contribution in [0.3, 0.4) is 0 Å². The second-order valence-corrected chi connectivity index (χ2v) is 4.66. The molecule has 3 N–H and O–H groups in total. The number of halogens is 1. The van der Waals surface area contributed by atoms with Crippen LogP contribution in [-0.2, 0) is 4.79 Å². The van der Waals surface area contributed by atoms with Gasteiger partial charge in [0.15, 0.2) is 0 Å². The summed E-state index contributed by atoms with van der Waals surface area (Å²) < 4.78 is 0. The SMILES string of the molecule is CCCC(N)CC(=O)Nc1ccc(Cl)cc1[N+](=O)[O-]. The first kappa shape index (κ1) is 15.4. The van der Waals surface area contributed by atoms with Crippen molar-refractivity contribution in [3.8, 4) is 0 Å². The Bertz CT molecular complexity index is 479. The molecule has 104 valence electrons. The van der Waals surface area contributed by atoms with E-state index in [2.05, 4.69) is 5.32 Å². The van der Waals surface area contributed by atoms with Gasteiger partial charge in [0.1, 0.15) is 5.69 Å². The zero-order valence-electron chi connectivity index (χ0n) is 10.6. The Morgan fingerprint density at radius 2 is 2.26 bits per heavy atom. The van der Waals surface area contributed by atoms with E-state index >= 15 is 0 Å². The number of benzene rings is 1. The third kappa shape index (κ3) is 4.84. The fourth-order valence-corrected chi connectivity index (χ4v) is 1.84. The van der Waals surface area contributed by atoms with Gasteiger partial charge in [-0.25, -0.2) is 0 Å². The average Bonchev–Trinajstić information content (AvgIpc) is 2.31. The molecule has 1 aromatic carbocycles. The molecule has 0 aliphatic rings. The predicted octanol–water partition coefficient (Wildman–Crippen LogP) is 2.70. The largest absolute Gasteiger partial charge is 0.327 e. The topological polar surface area (TPSA) is 98.3 Å². The van der Waals surface area contributed by atoms with Crippen LogP contribution >= 0.6 is 11.6 Å². The van der Waals surface area contributed by atoms with E-state index in [0.29, 0.717) is 0 Å². The van der Waals surface area contributed by atoms with Gasteiger partial charge in [0.05, 0.1) is 4.92 Å². The van der Waals surface area contributed by atoms with Gasteiger partial charge in [-0.2, -0.15) is 0 Å². The minimum atomic E-state index is -0.590. The number of nitrogens with one attached hydrogen (secondary N) is 1. The lowest BCUT2D eigenvalue weighted by atomic mass is 10.1. The third-order valence-corrected chi connectivity index (χ3v) is 2.77. The molecule has 0 radical (unpaired) electrons. The molecule has 1 atom stereocenters. The average molecular weight is 286 g/mol. The summed E-state index contributed by atoms with van der Waals surface area (Å²) >= 11 is 5.69. The molecule has 0 bridgehead atoms. The number of nitrogens with zero attached hydrogens (tertiary/aromatic N) is 1. The molecule has 1 aromatic rings. The minimum absolute atomic E-state index is 0.128. The van der Waals surface area contributed by atoms with Crippen LogP contribution in [0.1, 0.15) is 26.2 Å². The quantitative estimate of drug-likeness (QED) is 0.620. The molecule has 0 spiro atoms. The molecule has 0 aromatic heterocycles. The highest BCUT2D eigenvalue weighted by atomic mass is 35.5. The Morgan fingerprint density at radius 3 is 2.84 bits per heavy atom. The van der Waals surface area contributed by atoms with E-state index in [0.717, 1.165) is 12.8 Å². The highest BCUT2D eigenvalue weighted by molar-refractivity contribution is 6.31. The monoisotopic (exact) mass is 285 g/mol. The summed E-state index contributed by atoms with van der Waals surface area (Å²) in [5, 5.41) is 13.6. The molecule has 6 nitrogen and oxygen atoms in total. The Labute approximate surface area is 116 Å². The number of carbonyl (C=O) groups is 1. The van der Waals surface area contributed by atoms with E-state index in [1.54, 1.807) is 0 Å². The van der Waals surface area contributed by atoms with Gasteiger partial charge in [-0.05, 0) is 18.6 Å². The van der Waals surface area contributed by atoms with Crippen molar-refractivity contribution in [2.75, 3.05) is 5.32 Å². The molecule has 0 saturated carbocycles. The van der Waals surface area contributed by atoms with Crippen LogP contribution in [0.15, 0.2) is 18.2 Å². The highest BCUT2D eigenvalue weighted by Gasteiger charge is 2.17. The molecule has 1 amide bonds. The van der Waals surface area contributed by atoms with Gasteiger partial charge < -0.3 is 11.1 Å². The van der Waals surface area contributed by atoms with E-state index in [1.807, 2.05) is 6.92 Å². The second-order valence-electron chi connectivity index (χ2n) is 4.22. The first-order chi connectivity index (χ1) is 8.93. The van der Waals surface area contributed by atoms with Gasteiger partial charge in [0.25, 0.3) is 5.69 Å². The number of nitro groups is 1. The van der Waals surface area contributed by atoms with Crippen LogP contribution in [0.4, 0.5) is 11.4 Å². The van der Waals surface area contributed by atoms with Crippen molar-refractivity contribution in [3.05, 3.63) is 33.3 Å². The van der Waals surface area contributed by atoms with Gasteiger partial charge in [-0.3, -0.25) is 14.9 Å². The Balaban J connectivity index is 2.76. The molecule has 19 heavy (non-hydrogen) atoms. The predicted molar refractivity (Wildman–Crippen MR) is 74.2 cm³/mol. The van der Waals surface area contributed by atoms with Crippen molar-refractivity contribution >= 4 is 28.9 Å². The highest BCUT2D eigenvalue weighted by Crippen LogP contribution is 2.27. The summed E-state index contributed by atoms with van der Waals surface area (Å²) in [6.07, 6.45) is 1.75. The van der Waals surface area contributed by atoms with E-state index in [1.165, 1.54) is 18.2 Å². The molecule has 0 heterocycles. The van der Waals surface area contributed by atoms with Gasteiger partial charge >= 0.3 is 0 Å². The van der Waals surface area contributed by atoms with Crippen molar-refractivity contribution in [1.29, 1.82) is 0 Å². The van der Waals surface area contributed by atoms with Crippen LogP contribution < -0.4 is 11.1 Å². The zero-order chi connectivity index (χ0) is 14.4. The maximum Gasteiger partial charge on any atom is 0.294 e. The molecular weight excluding hydrogens is 270 g/mol. The number of nitrogens with two attached hydrogens (primary N) is 1. The molecule has 0 fully saturated rings. The lowest BCUT2D eigenvalue weighted by molar-refractivity contribution is -0.383. The standard InChI is InChI=1S/C12H16ClN3O3/c1-2-3-9(14)7-12(17)15-10-5-4-8(13)6-11(10)16(18)19/h4-6,9H,2-3,7,14H2,1H3,(H,15,17). The van der Waals surface area contributed by atoms with Gasteiger partial charge in [0, 0.05) is 23.6 Å². The fraction of sp³-hybridized carbons (Fsp3) is 0.417. The van der Waals surface area contributed by atoms with Crippen LogP contribution in [0.5, 0.6) is 0 Å². The lowest BCUT2D eigenvalue weighted by Gasteiger charge is -2.10. The van der Waals surface area contributed by atoms with E-state index in [9.17, 15) is 14.9 Å². The maximum absolute atomic E-state index is 11.7. The number of nitro benzene ring substituents is 1.